The maximum Gasteiger partial charge on any atom is 0.253 e. The van der Waals surface area contributed by atoms with Crippen molar-refractivity contribution in [1.29, 1.82) is 0 Å². The van der Waals surface area contributed by atoms with Crippen LogP contribution in [0, 0.1) is 5.92 Å². The van der Waals surface area contributed by atoms with E-state index in [2.05, 4.69) is 41.2 Å². The summed E-state index contributed by atoms with van der Waals surface area (Å²) in [6.07, 6.45) is 7.31. The van der Waals surface area contributed by atoms with Crippen LogP contribution < -0.4 is 10.1 Å². The molecule has 0 aliphatic carbocycles. The zero-order chi connectivity index (χ0) is 27.4. The van der Waals surface area contributed by atoms with Gasteiger partial charge < -0.3 is 24.8 Å². The fraction of sp³-hybridized carbons (Fsp3) is 0.500. The number of H-pyrrole nitrogens is 1. The van der Waals surface area contributed by atoms with E-state index in [4.69, 9.17) is 4.74 Å². The number of carbonyl (C=O) groups is 2. The van der Waals surface area contributed by atoms with E-state index in [1.807, 2.05) is 41.4 Å². The van der Waals surface area contributed by atoms with Crippen LogP contribution in [-0.4, -0.2) is 72.0 Å². The molecule has 208 valence electrons. The molecule has 0 atom stereocenters. The van der Waals surface area contributed by atoms with Gasteiger partial charge >= 0.3 is 0 Å². The van der Waals surface area contributed by atoms with E-state index in [9.17, 15) is 9.59 Å². The molecule has 3 aromatic rings. The molecule has 0 spiro atoms. The molecule has 2 aromatic carbocycles. The lowest BCUT2D eigenvalue weighted by molar-refractivity contribution is -0.121. The summed E-state index contributed by atoms with van der Waals surface area (Å²) in [7, 11) is 1.65. The molecule has 3 heterocycles. The Morgan fingerprint density at radius 2 is 1.72 bits per heavy atom. The van der Waals surface area contributed by atoms with Gasteiger partial charge in [0.25, 0.3) is 5.91 Å². The van der Waals surface area contributed by atoms with Crippen molar-refractivity contribution in [2.24, 2.45) is 5.92 Å². The molecule has 5 rings (SSSR count). The predicted octanol–water partition coefficient (Wildman–Crippen LogP) is 4.80. The summed E-state index contributed by atoms with van der Waals surface area (Å²) in [5.74, 6) is 1.65. The summed E-state index contributed by atoms with van der Waals surface area (Å²) < 4.78 is 5.29. The van der Waals surface area contributed by atoms with Gasteiger partial charge in [0.05, 0.1) is 13.5 Å². The van der Waals surface area contributed by atoms with Gasteiger partial charge in [0.1, 0.15) is 5.75 Å². The fourth-order valence-corrected chi connectivity index (χ4v) is 6.17. The molecule has 1 aromatic heterocycles. The molecule has 39 heavy (non-hydrogen) atoms. The third kappa shape index (κ3) is 6.64. The van der Waals surface area contributed by atoms with Crippen molar-refractivity contribution in [2.75, 3.05) is 33.3 Å². The van der Waals surface area contributed by atoms with E-state index in [1.165, 1.54) is 5.56 Å². The summed E-state index contributed by atoms with van der Waals surface area (Å²) in [6, 6.07) is 14.8. The van der Waals surface area contributed by atoms with Crippen molar-refractivity contribution in [3.63, 3.8) is 0 Å². The summed E-state index contributed by atoms with van der Waals surface area (Å²) in [6.45, 7) is 8.04. The first-order chi connectivity index (χ1) is 18.9. The third-order valence-corrected chi connectivity index (χ3v) is 8.33. The molecular weight excluding hydrogens is 488 g/mol. The molecule has 0 unspecified atom stereocenters. The Balaban J connectivity index is 1.05. The Hall–Kier alpha value is -3.32. The van der Waals surface area contributed by atoms with Gasteiger partial charge in [-0.05, 0) is 73.4 Å². The smallest absolute Gasteiger partial charge is 0.253 e. The number of nitrogens with zero attached hydrogens (tertiary/aromatic N) is 2. The standard InChI is InChI=1S/C32H42N4O3/c1-22(2)18-23-4-6-24(7-5-23)32(38)36-16-12-27(13-17-36)35-14-10-26(11-15-35)34-31(37)19-25-21-33-30-20-28(39-3)8-9-29(25)30/h4-9,20-22,26-27,33H,10-19H2,1-3H3,(H,34,37). The quantitative estimate of drug-likeness (QED) is 0.439. The normalized spacial score (nSPS) is 17.6. The third-order valence-electron chi connectivity index (χ3n) is 8.33. The van der Waals surface area contributed by atoms with Gasteiger partial charge in [0.2, 0.25) is 5.91 Å². The van der Waals surface area contributed by atoms with Crippen molar-refractivity contribution >= 4 is 22.7 Å². The molecule has 2 fully saturated rings. The van der Waals surface area contributed by atoms with E-state index in [0.29, 0.717) is 18.4 Å². The van der Waals surface area contributed by atoms with Crippen molar-refractivity contribution in [3.05, 3.63) is 65.4 Å². The first-order valence-corrected chi connectivity index (χ1v) is 14.4. The van der Waals surface area contributed by atoms with E-state index in [1.54, 1.807) is 7.11 Å². The van der Waals surface area contributed by atoms with Gasteiger partial charge in [-0.25, -0.2) is 0 Å². The highest BCUT2D eigenvalue weighted by Crippen LogP contribution is 2.25. The van der Waals surface area contributed by atoms with Crippen molar-refractivity contribution in [2.45, 2.75) is 64.5 Å². The highest BCUT2D eigenvalue weighted by molar-refractivity contribution is 5.94. The van der Waals surface area contributed by atoms with Crippen LogP contribution in [0.3, 0.4) is 0 Å². The van der Waals surface area contributed by atoms with Gasteiger partial charge in [-0.2, -0.15) is 0 Å². The van der Waals surface area contributed by atoms with Crippen molar-refractivity contribution < 1.29 is 14.3 Å². The number of hydrogen-bond acceptors (Lipinski definition) is 4. The average molecular weight is 531 g/mol. The van der Waals surface area contributed by atoms with Crippen LogP contribution >= 0.6 is 0 Å². The van der Waals surface area contributed by atoms with Crippen LogP contribution in [0.25, 0.3) is 10.9 Å². The first-order valence-electron chi connectivity index (χ1n) is 14.4. The van der Waals surface area contributed by atoms with Crippen molar-refractivity contribution in [3.8, 4) is 5.75 Å². The van der Waals surface area contributed by atoms with Crippen LogP contribution in [0.4, 0.5) is 0 Å². The molecule has 2 aliphatic rings. The number of rotatable bonds is 8. The zero-order valence-corrected chi connectivity index (χ0v) is 23.5. The highest BCUT2D eigenvalue weighted by atomic mass is 16.5. The second-order valence-electron chi connectivity index (χ2n) is 11.6. The average Bonchev–Trinajstić information content (AvgIpc) is 3.34. The van der Waals surface area contributed by atoms with Gasteiger partial charge in [-0.3, -0.25) is 9.59 Å². The van der Waals surface area contributed by atoms with E-state index in [-0.39, 0.29) is 17.9 Å². The Kier molecular flexibility index (Phi) is 8.56. The largest absolute Gasteiger partial charge is 0.497 e. The molecule has 0 radical (unpaired) electrons. The number of hydrogen-bond donors (Lipinski definition) is 2. The zero-order valence-electron chi connectivity index (χ0n) is 23.5. The second-order valence-corrected chi connectivity index (χ2v) is 11.6. The number of methoxy groups -OCH3 is 1. The Labute approximate surface area is 231 Å². The van der Waals surface area contributed by atoms with E-state index < -0.39 is 0 Å². The Bertz CT molecular complexity index is 1270. The minimum atomic E-state index is 0.0780. The van der Waals surface area contributed by atoms with Gasteiger partial charge in [-0.15, -0.1) is 0 Å². The molecule has 0 bridgehead atoms. The summed E-state index contributed by atoms with van der Waals surface area (Å²) >= 11 is 0. The Morgan fingerprint density at radius 3 is 2.38 bits per heavy atom. The van der Waals surface area contributed by atoms with Gasteiger partial charge in [0, 0.05) is 67.0 Å². The molecule has 2 saturated heterocycles. The molecule has 2 aliphatic heterocycles. The molecule has 2 amide bonds. The summed E-state index contributed by atoms with van der Waals surface area (Å²) in [5, 5.41) is 4.33. The van der Waals surface area contributed by atoms with E-state index >= 15 is 0 Å². The summed E-state index contributed by atoms with van der Waals surface area (Å²) in [5.41, 5.74) is 4.08. The lowest BCUT2D eigenvalue weighted by Crippen LogP contribution is -2.51. The molecular formula is C32H42N4O3. The van der Waals surface area contributed by atoms with Crippen LogP contribution in [0.5, 0.6) is 5.75 Å². The topological polar surface area (TPSA) is 77.7 Å². The number of benzene rings is 2. The number of likely N-dealkylation sites (tertiary alicyclic amines) is 2. The molecule has 7 nitrogen and oxygen atoms in total. The van der Waals surface area contributed by atoms with Gasteiger partial charge in [-0.1, -0.05) is 26.0 Å². The minimum Gasteiger partial charge on any atom is -0.497 e. The maximum absolute atomic E-state index is 13.0. The molecule has 2 N–H and O–H groups in total. The predicted molar refractivity (Wildman–Crippen MR) is 155 cm³/mol. The van der Waals surface area contributed by atoms with Crippen LogP contribution in [-0.2, 0) is 17.6 Å². The monoisotopic (exact) mass is 530 g/mol. The number of fused-ring (bicyclic) bond motifs is 1. The fourth-order valence-electron chi connectivity index (χ4n) is 6.17. The molecule has 7 heteroatoms. The van der Waals surface area contributed by atoms with Crippen LogP contribution in [0.1, 0.15) is 61.0 Å². The lowest BCUT2D eigenvalue weighted by atomic mass is 9.97. The van der Waals surface area contributed by atoms with Crippen molar-refractivity contribution in [1.82, 2.24) is 20.1 Å². The first kappa shape index (κ1) is 27.3. The second kappa shape index (κ2) is 12.2. The SMILES string of the molecule is COc1ccc2c(CC(=O)NC3CCN(C4CCN(C(=O)c5ccc(CC(C)C)cc5)CC4)CC3)c[nH]c2c1. The number of aromatic nitrogens is 1. The highest BCUT2D eigenvalue weighted by Gasteiger charge is 2.30. The number of piperidine rings is 2. The number of ether oxygens (including phenoxy) is 1. The number of nitrogens with one attached hydrogen (secondary N) is 2. The van der Waals surface area contributed by atoms with Crippen LogP contribution in [0.15, 0.2) is 48.7 Å². The molecule has 0 saturated carbocycles. The maximum atomic E-state index is 13.0. The Morgan fingerprint density at radius 1 is 1.00 bits per heavy atom. The van der Waals surface area contributed by atoms with Crippen LogP contribution in [0.2, 0.25) is 0 Å². The van der Waals surface area contributed by atoms with E-state index in [0.717, 1.165) is 86.1 Å². The van der Waals surface area contributed by atoms with Gasteiger partial charge in [0.15, 0.2) is 0 Å². The minimum absolute atomic E-state index is 0.0780. The number of amides is 2. The number of carbonyl (C=O) groups excluding carboxylic acids is 2. The lowest BCUT2D eigenvalue weighted by Gasteiger charge is -2.42. The summed E-state index contributed by atoms with van der Waals surface area (Å²) in [4.78, 5) is 33.7. The number of aromatic amines is 1.